The van der Waals surface area contributed by atoms with Gasteiger partial charge in [0.05, 0.1) is 12.0 Å². The van der Waals surface area contributed by atoms with Gasteiger partial charge in [-0.15, -0.1) is 0 Å². The fourth-order valence-electron chi connectivity index (χ4n) is 1.16. The maximum atomic E-state index is 8.68. The highest BCUT2D eigenvalue weighted by atomic mass is 79.9. The second-order valence-electron chi connectivity index (χ2n) is 3.23. The van der Waals surface area contributed by atoms with Crippen LogP contribution in [0, 0.1) is 17.2 Å². The number of rotatable bonds is 3. The highest BCUT2D eigenvalue weighted by molar-refractivity contribution is 9.10. The van der Waals surface area contributed by atoms with Crippen molar-refractivity contribution in [1.82, 2.24) is 4.98 Å². The quantitative estimate of drug-likeness (QED) is 0.778. The molecule has 1 aromatic heterocycles. The van der Waals surface area contributed by atoms with E-state index < -0.39 is 0 Å². The molecule has 1 heterocycles. The monoisotopic (exact) mass is 253 g/mol. The average molecular weight is 254 g/mol. The molecule has 1 aromatic rings. The first-order valence-electron chi connectivity index (χ1n) is 4.37. The first-order valence-corrected chi connectivity index (χ1v) is 5.16. The van der Waals surface area contributed by atoms with Gasteiger partial charge in [0.2, 0.25) is 0 Å². The maximum absolute atomic E-state index is 8.68. The van der Waals surface area contributed by atoms with Gasteiger partial charge in [0.25, 0.3) is 0 Å². The summed E-state index contributed by atoms with van der Waals surface area (Å²) in [7, 11) is 1.93. The Kier molecular flexibility index (Phi) is 3.90. The predicted octanol–water partition coefficient (Wildman–Crippen LogP) is 2.44. The third-order valence-corrected chi connectivity index (χ3v) is 2.30. The van der Waals surface area contributed by atoms with Crippen LogP contribution in [0.4, 0.5) is 5.82 Å². The lowest BCUT2D eigenvalue weighted by Crippen LogP contribution is -2.23. The number of pyridine rings is 1. The van der Waals surface area contributed by atoms with E-state index in [0.29, 0.717) is 6.54 Å². The highest BCUT2D eigenvalue weighted by Crippen LogP contribution is 2.14. The van der Waals surface area contributed by atoms with Crippen molar-refractivity contribution >= 4 is 21.7 Å². The van der Waals surface area contributed by atoms with Gasteiger partial charge in [0.15, 0.2) is 0 Å². The van der Waals surface area contributed by atoms with E-state index in [9.17, 15) is 0 Å². The third kappa shape index (κ3) is 3.00. The predicted molar refractivity (Wildman–Crippen MR) is 60.0 cm³/mol. The van der Waals surface area contributed by atoms with Crippen LogP contribution in [0.5, 0.6) is 0 Å². The molecule has 0 bridgehead atoms. The first kappa shape index (κ1) is 11.0. The number of nitriles is 1. The van der Waals surface area contributed by atoms with E-state index in [1.807, 2.05) is 37.1 Å². The molecule has 0 aromatic carbocycles. The molecule has 3 nitrogen and oxygen atoms in total. The van der Waals surface area contributed by atoms with Gasteiger partial charge in [-0.3, -0.25) is 0 Å². The minimum Gasteiger partial charge on any atom is -0.358 e. The van der Waals surface area contributed by atoms with Gasteiger partial charge in [0, 0.05) is 13.6 Å². The minimum atomic E-state index is 0.0146. The summed E-state index contributed by atoms with van der Waals surface area (Å²) in [5.41, 5.74) is 0. The number of aromatic nitrogens is 1. The lowest BCUT2D eigenvalue weighted by molar-refractivity contribution is 0.710. The number of nitrogens with zero attached hydrogens (tertiary/aromatic N) is 3. The van der Waals surface area contributed by atoms with Crippen molar-refractivity contribution < 1.29 is 0 Å². The lowest BCUT2D eigenvalue weighted by atomic mass is 10.2. The molecule has 4 heteroatoms. The highest BCUT2D eigenvalue weighted by Gasteiger charge is 2.06. The molecule has 1 atom stereocenters. The summed E-state index contributed by atoms with van der Waals surface area (Å²) in [5.74, 6) is 0.891. The molecule has 0 aliphatic carbocycles. The average Bonchev–Trinajstić information content (AvgIpc) is 2.17. The Morgan fingerprint density at radius 1 is 1.64 bits per heavy atom. The van der Waals surface area contributed by atoms with Gasteiger partial charge in [-0.1, -0.05) is 6.07 Å². The van der Waals surface area contributed by atoms with Crippen molar-refractivity contribution in [3.8, 4) is 6.07 Å². The fourth-order valence-corrected chi connectivity index (χ4v) is 1.49. The summed E-state index contributed by atoms with van der Waals surface area (Å²) in [6, 6.07) is 7.94. The van der Waals surface area contributed by atoms with E-state index in [1.54, 1.807) is 0 Å². The van der Waals surface area contributed by atoms with Crippen LogP contribution in [0.15, 0.2) is 22.8 Å². The molecule has 0 aliphatic heterocycles. The Bertz CT molecular complexity index is 345. The van der Waals surface area contributed by atoms with Crippen LogP contribution < -0.4 is 4.90 Å². The Labute approximate surface area is 92.5 Å². The summed E-state index contributed by atoms with van der Waals surface area (Å²) in [6.07, 6.45) is 0. The summed E-state index contributed by atoms with van der Waals surface area (Å²) in [6.45, 7) is 2.59. The van der Waals surface area contributed by atoms with Crippen LogP contribution in [0.1, 0.15) is 6.92 Å². The maximum Gasteiger partial charge on any atom is 0.129 e. The summed E-state index contributed by atoms with van der Waals surface area (Å²) < 4.78 is 0.812. The molecule has 0 saturated heterocycles. The zero-order chi connectivity index (χ0) is 10.6. The van der Waals surface area contributed by atoms with Gasteiger partial charge in [0.1, 0.15) is 10.4 Å². The Morgan fingerprint density at radius 2 is 2.36 bits per heavy atom. The van der Waals surface area contributed by atoms with Gasteiger partial charge in [-0.05, 0) is 35.0 Å². The van der Waals surface area contributed by atoms with Crippen LogP contribution in [-0.4, -0.2) is 18.6 Å². The lowest BCUT2D eigenvalue weighted by Gasteiger charge is -2.19. The molecule has 1 rings (SSSR count). The van der Waals surface area contributed by atoms with Crippen molar-refractivity contribution in [1.29, 1.82) is 5.26 Å². The van der Waals surface area contributed by atoms with Crippen molar-refractivity contribution in [3.63, 3.8) is 0 Å². The van der Waals surface area contributed by atoms with Crippen molar-refractivity contribution in [2.75, 3.05) is 18.5 Å². The zero-order valence-corrected chi connectivity index (χ0v) is 9.82. The van der Waals surface area contributed by atoms with E-state index in [1.165, 1.54) is 0 Å². The molecule has 0 radical (unpaired) electrons. The van der Waals surface area contributed by atoms with Crippen LogP contribution in [0.25, 0.3) is 0 Å². The molecule has 74 valence electrons. The van der Waals surface area contributed by atoms with Crippen LogP contribution in [0.3, 0.4) is 0 Å². The summed E-state index contributed by atoms with van der Waals surface area (Å²) in [4.78, 5) is 6.26. The Hall–Kier alpha value is -1.08. The van der Waals surface area contributed by atoms with E-state index in [4.69, 9.17) is 5.26 Å². The number of halogens is 1. The number of hydrogen-bond donors (Lipinski definition) is 0. The summed E-state index contributed by atoms with van der Waals surface area (Å²) in [5, 5.41) is 8.68. The molecular weight excluding hydrogens is 242 g/mol. The topological polar surface area (TPSA) is 39.9 Å². The van der Waals surface area contributed by atoms with E-state index >= 15 is 0 Å². The smallest absolute Gasteiger partial charge is 0.129 e. The van der Waals surface area contributed by atoms with Gasteiger partial charge < -0.3 is 4.90 Å². The minimum absolute atomic E-state index is 0.0146. The molecule has 1 unspecified atom stereocenters. The molecule has 0 N–H and O–H groups in total. The standard InChI is InChI=1S/C10H12BrN3/c1-8(6-12)7-14(2)10-5-3-4-9(11)13-10/h3-5,8H,7H2,1-2H3. The summed E-state index contributed by atoms with van der Waals surface area (Å²) >= 11 is 3.31. The molecule has 0 fully saturated rings. The molecule has 0 spiro atoms. The fraction of sp³-hybridized carbons (Fsp3) is 0.400. The number of anilines is 1. The van der Waals surface area contributed by atoms with Crippen LogP contribution in [0.2, 0.25) is 0 Å². The third-order valence-electron chi connectivity index (χ3n) is 1.86. The van der Waals surface area contributed by atoms with Crippen LogP contribution in [-0.2, 0) is 0 Å². The second-order valence-corrected chi connectivity index (χ2v) is 4.04. The normalized spacial score (nSPS) is 11.9. The van der Waals surface area contributed by atoms with Crippen molar-refractivity contribution in [2.45, 2.75) is 6.92 Å². The van der Waals surface area contributed by atoms with E-state index in [-0.39, 0.29) is 5.92 Å². The van der Waals surface area contributed by atoms with Crippen molar-refractivity contribution in [2.24, 2.45) is 5.92 Å². The Balaban J connectivity index is 2.70. The SMILES string of the molecule is CC(C#N)CN(C)c1cccc(Br)n1. The van der Waals surface area contributed by atoms with Gasteiger partial charge >= 0.3 is 0 Å². The first-order chi connectivity index (χ1) is 6.63. The Morgan fingerprint density at radius 3 is 2.93 bits per heavy atom. The molecular formula is C10H12BrN3. The van der Waals surface area contributed by atoms with E-state index in [2.05, 4.69) is 27.0 Å². The van der Waals surface area contributed by atoms with Crippen molar-refractivity contribution in [3.05, 3.63) is 22.8 Å². The van der Waals surface area contributed by atoms with Crippen LogP contribution >= 0.6 is 15.9 Å². The molecule has 0 aliphatic rings. The van der Waals surface area contributed by atoms with Gasteiger partial charge in [-0.2, -0.15) is 5.26 Å². The molecule has 0 saturated carbocycles. The zero-order valence-electron chi connectivity index (χ0n) is 8.24. The molecule has 14 heavy (non-hydrogen) atoms. The molecule has 0 amide bonds. The largest absolute Gasteiger partial charge is 0.358 e. The number of hydrogen-bond acceptors (Lipinski definition) is 3. The van der Waals surface area contributed by atoms with E-state index in [0.717, 1.165) is 10.4 Å². The van der Waals surface area contributed by atoms with Gasteiger partial charge in [-0.25, -0.2) is 4.98 Å². The second kappa shape index (κ2) is 4.97.